The number of carbonyl (C=O) groups is 2. The van der Waals surface area contributed by atoms with Crippen LogP contribution in [0.5, 0.6) is 0 Å². The number of carboxylic acids is 1. The lowest BCUT2D eigenvalue weighted by molar-refractivity contribution is -0.142. The van der Waals surface area contributed by atoms with Gasteiger partial charge in [0, 0.05) is 13.1 Å². The third-order valence-electron chi connectivity index (χ3n) is 6.12. The Bertz CT molecular complexity index is 688. The number of benzene rings is 1. The predicted molar refractivity (Wildman–Crippen MR) is 101 cm³/mol. The van der Waals surface area contributed by atoms with Gasteiger partial charge < -0.3 is 10.4 Å². The number of nitrogens with zero attached hydrogens (tertiary/aromatic N) is 1. The number of hydrogen-bond acceptors (Lipinski definition) is 3. The molecule has 5 nitrogen and oxygen atoms in total. The van der Waals surface area contributed by atoms with Gasteiger partial charge in [-0.15, -0.1) is 0 Å². The molecule has 2 unspecified atom stereocenters. The largest absolute Gasteiger partial charge is 0.481 e. The Hall–Kier alpha value is -1.88. The van der Waals surface area contributed by atoms with Gasteiger partial charge in [0.25, 0.3) is 0 Å². The van der Waals surface area contributed by atoms with Crippen molar-refractivity contribution < 1.29 is 14.7 Å². The lowest BCUT2D eigenvalue weighted by atomic mass is 9.89. The average molecular weight is 358 g/mol. The molecule has 2 aliphatic rings. The first-order chi connectivity index (χ1) is 12.4. The van der Waals surface area contributed by atoms with Crippen LogP contribution in [0.15, 0.2) is 18.2 Å². The van der Waals surface area contributed by atoms with Crippen molar-refractivity contribution in [3.63, 3.8) is 0 Å². The molecule has 1 aliphatic heterocycles. The molecule has 1 saturated heterocycles. The highest BCUT2D eigenvalue weighted by Crippen LogP contribution is 2.26. The quantitative estimate of drug-likeness (QED) is 0.849. The Balaban J connectivity index is 1.61. The van der Waals surface area contributed by atoms with Crippen molar-refractivity contribution in [3.8, 4) is 0 Å². The van der Waals surface area contributed by atoms with Crippen LogP contribution in [0, 0.1) is 11.8 Å². The summed E-state index contributed by atoms with van der Waals surface area (Å²) in [4.78, 5) is 26.0. The number of nitrogens with one attached hydrogen (secondary N) is 1. The van der Waals surface area contributed by atoms with Gasteiger partial charge in [-0.05, 0) is 62.1 Å². The maximum Gasteiger partial charge on any atom is 0.308 e. The van der Waals surface area contributed by atoms with Crippen LogP contribution in [0.4, 0.5) is 0 Å². The average Bonchev–Trinajstić information content (AvgIpc) is 3.02. The van der Waals surface area contributed by atoms with Gasteiger partial charge in [-0.3, -0.25) is 14.5 Å². The van der Waals surface area contributed by atoms with Crippen molar-refractivity contribution in [2.75, 3.05) is 13.1 Å². The van der Waals surface area contributed by atoms with Gasteiger partial charge in [-0.1, -0.05) is 25.1 Å². The molecule has 3 rings (SSSR count). The molecule has 2 N–H and O–H groups in total. The molecule has 5 heteroatoms. The van der Waals surface area contributed by atoms with Crippen LogP contribution in [0.25, 0.3) is 0 Å². The normalized spacial score (nSPS) is 25.3. The van der Waals surface area contributed by atoms with E-state index < -0.39 is 5.97 Å². The number of aryl methyl sites for hydroxylation is 2. The molecular weight excluding hydrogens is 328 g/mol. The summed E-state index contributed by atoms with van der Waals surface area (Å²) in [6.45, 7) is 6.92. The summed E-state index contributed by atoms with van der Waals surface area (Å²) in [7, 11) is 0. The van der Waals surface area contributed by atoms with Gasteiger partial charge >= 0.3 is 5.97 Å². The molecule has 0 saturated carbocycles. The number of carbonyl (C=O) groups excluding carboxylic acids is 1. The van der Waals surface area contributed by atoms with Crippen molar-refractivity contribution in [2.24, 2.45) is 11.8 Å². The number of likely N-dealkylation sites (tertiary alicyclic amines) is 1. The molecule has 1 aromatic rings. The highest BCUT2D eigenvalue weighted by Gasteiger charge is 2.38. The minimum Gasteiger partial charge on any atom is -0.481 e. The van der Waals surface area contributed by atoms with Crippen LogP contribution >= 0.6 is 0 Å². The van der Waals surface area contributed by atoms with Crippen LogP contribution < -0.4 is 5.32 Å². The van der Waals surface area contributed by atoms with E-state index >= 15 is 0 Å². The second-order valence-electron chi connectivity index (χ2n) is 8.02. The van der Waals surface area contributed by atoms with E-state index in [1.807, 2.05) is 25.7 Å². The maximum absolute atomic E-state index is 12.7. The van der Waals surface area contributed by atoms with E-state index in [1.165, 1.54) is 24.0 Å². The fraction of sp³-hybridized carbons (Fsp3) is 0.619. The van der Waals surface area contributed by atoms with Crippen LogP contribution in [-0.4, -0.2) is 41.0 Å². The minimum absolute atomic E-state index is 0.0338. The summed E-state index contributed by atoms with van der Waals surface area (Å²) in [6, 6.07) is 6.20. The fourth-order valence-electron chi connectivity index (χ4n) is 4.25. The summed E-state index contributed by atoms with van der Waals surface area (Å²) in [5.74, 6) is -1.12. The molecular formula is C21H30N2O3. The number of carboxylic acid groups (broad SMARTS) is 1. The van der Waals surface area contributed by atoms with Crippen molar-refractivity contribution in [2.45, 2.75) is 58.5 Å². The lowest BCUT2D eigenvalue weighted by Gasteiger charge is -2.26. The van der Waals surface area contributed by atoms with Crippen molar-refractivity contribution >= 4 is 11.9 Å². The predicted octanol–water partition coefficient (Wildman–Crippen LogP) is 2.78. The molecule has 1 amide bonds. The zero-order valence-electron chi connectivity index (χ0n) is 16.0. The zero-order chi connectivity index (χ0) is 18.8. The van der Waals surface area contributed by atoms with Gasteiger partial charge in [0.05, 0.1) is 18.0 Å². The number of aliphatic carboxylic acids is 1. The zero-order valence-corrected chi connectivity index (χ0v) is 16.0. The van der Waals surface area contributed by atoms with Crippen LogP contribution in [0.3, 0.4) is 0 Å². The highest BCUT2D eigenvalue weighted by molar-refractivity contribution is 5.82. The van der Waals surface area contributed by atoms with Crippen molar-refractivity contribution in [1.82, 2.24) is 10.2 Å². The summed E-state index contributed by atoms with van der Waals surface area (Å²) < 4.78 is 0. The summed E-state index contributed by atoms with van der Waals surface area (Å²) in [5, 5.41) is 12.4. The molecule has 1 fully saturated rings. The summed E-state index contributed by atoms with van der Waals surface area (Å²) in [6.07, 6.45) is 4.79. The fourth-order valence-corrected chi connectivity index (χ4v) is 4.25. The Labute approximate surface area is 155 Å². The molecule has 0 aromatic heterocycles. The molecule has 1 heterocycles. The summed E-state index contributed by atoms with van der Waals surface area (Å²) in [5.41, 5.74) is 4.00. The van der Waals surface area contributed by atoms with E-state index in [0.29, 0.717) is 13.1 Å². The SMILES string of the molecule is CC(NC(=O)C(C)N1C[C@@H](C)[C@H](C(=O)O)C1)c1ccc2c(c1)CCCC2. The number of hydrogen-bond donors (Lipinski definition) is 2. The molecule has 1 aliphatic carbocycles. The first-order valence-corrected chi connectivity index (χ1v) is 9.75. The van der Waals surface area contributed by atoms with Crippen LogP contribution in [-0.2, 0) is 22.4 Å². The lowest BCUT2D eigenvalue weighted by Crippen LogP contribution is -2.45. The molecule has 0 radical (unpaired) electrons. The number of fused-ring (bicyclic) bond motifs is 1. The highest BCUT2D eigenvalue weighted by atomic mass is 16.4. The van der Waals surface area contributed by atoms with E-state index in [9.17, 15) is 14.7 Å². The second kappa shape index (κ2) is 7.78. The van der Waals surface area contributed by atoms with E-state index in [0.717, 1.165) is 18.4 Å². The first-order valence-electron chi connectivity index (χ1n) is 9.75. The van der Waals surface area contributed by atoms with Crippen molar-refractivity contribution in [3.05, 3.63) is 34.9 Å². The Morgan fingerprint density at radius 2 is 1.85 bits per heavy atom. The first kappa shape index (κ1) is 18.9. The Kier molecular flexibility index (Phi) is 5.66. The Morgan fingerprint density at radius 3 is 2.50 bits per heavy atom. The van der Waals surface area contributed by atoms with Crippen molar-refractivity contribution in [1.29, 1.82) is 0 Å². The van der Waals surface area contributed by atoms with Gasteiger partial charge in [-0.25, -0.2) is 0 Å². The molecule has 4 atom stereocenters. The van der Waals surface area contributed by atoms with E-state index in [2.05, 4.69) is 23.5 Å². The molecule has 26 heavy (non-hydrogen) atoms. The monoisotopic (exact) mass is 358 g/mol. The molecule has 0 bridgehead atoms. The molecule has 142 valence electrons. The smallest absolute Gasteiger partial charge is 0.308 e. The third-order valence-corrected chi connectivity index (χ3v) is 6.12. The van der Waals surface area contributed by atoms with Crippen LogP contribution in [0.2, 0.25) is 0 Å². The summed E-state index contributed by atoms with van der Waals surface area (Å²) >= 11 is 0. The molecule has 0 spiro atoms. The van der Waals surface area contributed by atoms with E-state index in [1.54, 1.807) is 0 Å². The minimum atomic E-state index is -0.768. The molecule has 1 aromatic carbocycles. The van der Waals surface area contributed by atoms with Gasteiger partial charge in [0.1, 0.15) is 0 Å². The van der Waals surface area contributed by atoms with Gasteiger partial charge in [0.2, 0.25) is 5.91 Å². The standard InChI is InChI=1S/C21H30N2O3/c1-13-11-23(12-19(13)21(25)26)15(3)20(24)22-14(2)17-9-8-16-6-4-5-7-18(16)10-17/h8-10,13-15,19H,4-7,11-12H2,1-3H3,(H,22,24)(H,25,26)/t13-,14?,15?,19-/m1/s1. The third kappa shape index (κ3) is 3.93. The Morgan fingerprint density at radius 1 is 1.15 bits per heavy atom. The van der Waals surface area contributed by atoms with Gasteiger partial charge in [0.15, 0.2) is 0 Å². The topological polar surface area (TPSA) is 69.6 Å². The maximum atomic E-state index is 12.7. The van der Waals surface area contributed by atoms with E-state index in [4.69, 9.17) is 0 Å². The van der Waals surface area contributed by atoms with E-state index in [-0.39, 0.29) is 29.8 Å². The number of amides is 1. The number of rotatable bonds is 5. The van der Waals surface area contributed by atoms with Crippen LogP contribution in [0.1, 0.15) is 56.3 Å². The van der Waals surface area contributed by atoms with Gasteiger partial charge in [-0.2, -0.15) is 0 Å². The second-order valence-corrected chi connectivity index (χ2v) is 8.02.